The molecule has 0 spiro atoms. The number of rotatable bonds is 2. The number of halogens is 2. The molecule has 0 aliphatic rings. The zero-order chi connectivity index (χ0) is 10.8. The van der Waals surface area contributed by atoms with Crippen molar-refractivity contribution in [3.05, 3.63) is 55.1 Å². The molecule has 0 amide bonds. The van der Waals surface area contributed by atoms with Crippen LogP contribution in [-0.2, 0) is 0 Å². The molecule has 0 aliphatic carbocycles. The van der Waals surface area contributed by atoms with Gasteiger partial charge in [0.1, 0.15) is 0 Å². The monoisotopic (exact) mass is 344 g/mol. The quantitative estimate of drug-likeness (QED) is 0.732. The van der Waals surface area contributed by atoms with Gasteiger partial charge in [-0.3, -0.25) is 4.79 Å². The standard InChI is InChI=1S/C11H6Br2OS/c12-7-3-4-8(9(13)6-7)11(14)10-2-1-5-15-10/h1-6H. The third-order valence-electron chi connectivity index (χ3n) is 1.92. The van der Waals surface area contributed by atoms with Crippen LogP contribution in [0.5, 0.6) is 0 Å². The minimum Gasteiger partial charge on any atom is -0.288 e. The van der Waals surface area contributed by atoms with Gasteiger partial charge >= 0.3 is 0 Å². The van der Waals surface area contributed by atoms with Crippen molar-refractivity contribution in [2.75, 3.05) is 0 Å². The molecule has 76 valence electrons. The summed E-state index contributed by atoms with van der Waals surface area (Å²) in [5, 5.41) is 1.90. The molecule has 1 aromatic heterocycles. The molecule has 0 atom stereocenters. The second kappa shape index (κ2) is 4.60. The molecule has 1 aromatic carbocycles. The molecule has 0 bridgehead atoms. The second-order valence-corrected chi connectivity index (χ2v) is 5.65. The summed E-state index contributed by atoms with van der Waals surface area (Å²) in [6.45, 7) is 0. The van der Waals surface area contributed by atoms with Crippen molar-refractivity contribution in [2.24, 2.45) is 0 Å². The van der Waals surface area contributed by atoms with E-state index in [1.54, 1.807) is 0 Å². The minimum atomic E-state index is 0.0596. The van der Waals surface area contributed by atoms with E-state index >= 15 is 0 Å². The van der Waals surface area contributed by atoms with Gasteiger partial charge in [0.2, 0.25) is 5.78 Å². The number of carbonyl (C=O) groups excluding carboxylic acids is 1. The zero-order valence-corrected chi connectivity index (χ0v) is 11.5. The molecule has 0 radical (unpaired) electrons. The van der Waals surface area contributed by atoms with E-state index in [1.807, 2.05) is 35.7 Å². The summed E-state index contributed by atoms with van der Waals surface area (Å²) in [5.74, 6) is 0.0596. The number of benzene rings is 1. The molecule has 2 aromatic rings. The van der Waals surface area contributed by atoms with E-state index in [0.717, 1.165) is 13.8 Å². The van der Waals surface area contributed by atoms with Crippen LogP contribution in [-0.4, -0.2) is 5.78 Å². The van der Waals surface area contributed by atoms with Crippen LogP contribution >= 0.6 is 43.2 Å². The van der Waals surface area contributed by atoms with Crippen molar-refractivity contribution >= 4 is 49.0 Å². The molecule has 1 nitrogen and oxygen atoms in total. The summed E-state index contributed by atoms with van der Waals surface area (Å²) in [4.78, 5) is 12.8. The molecule has 0 unspecified atom stereocenters. The van der Waals surface area contributed by atoms with Gasteiger partial charge in [0, 0.05) is 14.5 Å². The van der Waals surface area contributed by atoms with Gasteiger partial charge in [0.05, 0.1) is 4.88 Å². The molecule has 0 saturated heterocycles. The Labute approximate surface area is 108 Å². The summed E-state index contributed by atoms with van der Waals surface area (Å²) >= 11 is 8.20. The lowest BCUT2D eigenvalue weighted by Crippen LogP contribution is -1.99. The maximum atomic E-state index is 12.0. The van der Waals surface area contributed by atoms with E-state index in [4.69, 9.17) is 0 Å². The highest BCUT2D eigenvalue weighted by Gasteiger charge is 2.13. The van der Waals surface area contributed by atoms with Gasteiger partial charge < -0.3 is 0 Å². The van der Waals surface area contributed by atoms with Gasteiger partial charge in [-0.2, -0.15) is 0 Å². The van der Waals surface area contributed by atoms with Crippen molar-refractivity contribution in [1.82, 2.24) is 0 Å². The predicted octanol–water partition coefficient (Wildman–Crippen LogP) is 4.50. The number of hydrogen-bond acceptors (Lipinski definition) is 2. The number of ketones is 1. The molecule has 1 heterocycles. The lowest BCUT2D eigenvalue weighted by Gasteiger charge is -2.02. The number of thiophene rings is 1. The van der Waals surface area contributed by atoms with E-state index in [1.165, 1.54) is 11.3 Å². The molecule has 0 fully saturated rings. The highest BCUT2D eigenvalue weighted by molar-refractivity contribution is 9.11. The Bertz CT molecular complexity index is 491. The van der Waals surface area contributed by atoms with Crippen LogP contribution in [0, 0.1) is 0 Å². The van der Waals surface area contributed by atoms with Crippen LogP contribution in [0.25, 0.3) is 0 Å². The lowest BCUT2D eigenvalue weighted by molar-refractivity contribution is 0.104. The third-order valence-corrected chi connectivity index (χ3v) is 3.94. The Morgan fingerprint density at radius 2 is 2.00 bits per heavy atom. The first-order valence-corrected chi connectivity index (χ1v) is 6.68. The van der Waals surface area contributed by atoms with Gasteiger partial charge in [-0.25, -0.2) is 0 Å². The Morgan fingerprint density at radius 3 is 2.60 bits per heavy atom. The van der Waals surface area contributed by atoms with E-state index in [-0.39, 0.29) is 5.78 Å². The normalized spacial score (nSPS) is 10.3. The Balaban J connectivity index is 2.42. The molecule has 0 saturated carbocycles. The molecular formula is C11H6Br2OS. The zero-order valence-electron chi connectivity index (χ0n) is 7.54. The van der Waals surface area contributed by atoms with E-state index < -0.39 is 0 Å². The van der Waals surface area contributed by atoms with Crippen LogP contribution in [0.3, 0.4) is 0 Å². The van der Waals surface area contributed by atoms with Crippen LogP contribution < -0.4 is 0 Å². The summed E-state index contributed by atoms with van der Waals surface area (Å²) in [6.07, 6.45) is 0. The largest absolute Gasteiger partial charge is 0.288 e. The highest BCUT2D eigenvalue weighted by atomic mass is 79.9. The van der Waals surface area contributed by atoms with E-state index in [0.29, 0.717) is 5.56 Å². The molecule has 2 rings (SSSR count). The van der Waals surface area contributed by atoms with E-state index in [9.17, 15) is 4.79 Å². The van der Waals surface area contributed by atoms with Crippen molar-refractivity contribution in [3.8, 4) is 0 Å². The Kier molecular flexibility index (Phi) is 3.38. The van der Waals surface area contributed by atoms with E-state index in [2.05, 4.69) is 31.9 Å². The van der Waals surface area contributed by atoms with Crippen LogP contribution in [0.15, 0.2) is 44.7 Å². The average Bonchev–Trinajstić information content (AvgIpc) is 2.69. The first-order valence-electron chi connectivity index (χ1n) is 4.22. The summed E-state index contributed by atoms with van der Waals surface area (Å²) in [6, 6.07) is 9.27. The third kappa shape index (κ3) is 2.38. The van der Waals surface area contributed by atoms with Gasteiger partial charge in [-0.15, -0.1) is 11.3 Å². The molecule has 4 heteroatoms. The number of hydrogen-bond donors (Lipinski definition) is 0. The highest BCUT2D eigenvalue weighted by Crippen LogP contribution is 2.25. The summed E-state index contributed by atoms with van der Waals surface area (Å²) in [7, 11) is 0. The van der Waals surface area contributed by atoms with Gasteiger partial charge in [-0.05, 0) is 45.6 Å². The van der Waals surface area contributed by atoms with Crippen LogP contribution in [0.4, 0.5) is 0 Å². The molecular weight excluding hydrogens is 340 g/mol. The van der Waals surface area contributed by atoms with Crippen molar-refractivity contribution in [1.29, 1.82) is 0 Å². The SMILES string of the molecule is O=C(c1cccs1)c1ccc(Br)cc1Br. The van der Waals surface area contributed by atoms with Gasteiger partial charge in [0.15, 0.2) is 0 Å². The first-order chi connectivity index (χ1) is 7.18. The predicted molar refractivity (Wildman–Crippen MR) is 69.6 cm³/mol. The summed E-state index contributed by atoms with van der Waals surface area (Å²) in [5.41, 5.74) is 0.695. The minimum absolute atomic E-state index is 0.0596. The smallest absolute Gasteiger partial charge is 0.204 e. The molecule has 15 heavy (non-hydrogen) atoms. The fourth-order valence-electron chi connectivity index (χ4n) is 1.21. The first kappa shape index (κ1) is 11.0. The maximum absolute atomic E-state index is 12.0. The Hall–Kier alpha value is -0.450. The van der Waals surface area contributed by atoms with Gasteiger partial charge in [-0.1, -0.05) is 22.0 Å². The van der Waals surface area contributed by atoms with Crippen molar-refractivity contribution < 1.29 is 4.79 Å². The van der Waals surface area contributed by atoms with Crippen molar-refractivity contribution in [3.63, 3.8) is 0 Å². The summed E-state index contributed by atoms with van der Waals surface area (Å²) < 4.78 is 1.77. The van der Waals surface area contributed by atoms with Crippen LogP contribution in [0.1, 0.15) is 15.2 Å². The fourth-order valence-corrected chi connectivity index (χ4v) is 3.12. The Morgan fingerprint density at radius 1 is 1.20 bits per heavy atom. The average molecular weight is 346 g/mol. The van der Waals surface area contributed by atoms with Crippen molar-refractivity contribution in [2.45, 2.75) is 0 Å². The second-order valence-electron chi connectivity index (χ2n) is 2.93. The topological polar surface area (TPSA) is 17.1 Å². The van der Waals surface area contributed by atoms with Crippen LogP contribution in [0.2, 0.25) is 0 Å². The molecule has 0 aliphatic heterocycles. The maximum Gasteiger partial charge on any atom is 0.204 e. The fraction of sp³-hybridized carbons (Fsp3) is 0. The lowest BCUT2D eigenvalue weighted by atomic mass is 10.1. The van der Waals surface area contributed by atoms with Gasteiger partial charge in [0.25, 0.3) is 0 Å². The molecule has 0 N–H and O–H groups in total. The number of carbonyl (C=O) groups is 1.